The number of fused-ring (bicyclic) bond motifs is 2. The fraction of sp³-hybridized carbons (Fsp3) is 0.125. The van der Waals surface area contributed by atoms with Gasteiger partial charge in [-0.15, -0.1) is 10.2 Å². The van der Waals surface area contributed by atoms with Crippen molar-refractivity contribution in [1.29, 1.82) is 0 Å². The van der Waals surface area contributed by atoms with Crippen LogP contribution in [0.1, 0.15) is 0 Å². The molecule has 0 spiro atoms. The standard InChI is InChI=1S/C16H15N5S2/c1-20-11-5-3-4-6-13(11)22-15(20)18-19-16-21(2)12-9-10(17)7-8-14(12)23-16/h3-9H,17H2,1-2H3. The SMILES string of the molecule is Cn1c(=NN=c2sc3ccc(N)cc3n2C)sc2ccccc21. The van der Waals surface area contributed by atoms with Gasteiger partial charge in [0.05, 0.1) is 20.4 Å². The molecule has 0 saturated carbocycles. The van der Waals surface area contributed by atoms with Crippen molar-refractivity contribution in [3.63, 3.8) is 0 Å². The van der Waals surface area contributed by atoms with Crippen LogP contribution < -0.4 is 15.3 Å². The zero-order chi connectivity index (χ0) is 16.0. The number of rotatable bonds is 1. The molecule has 0 bridgehead atoms. The smallest absolute Gasteiger partial charge is 0.211 e. The molecule has 0 amide bonds. The second kappa shape index (κ2) is 5.36. The van der Waals surface area contributed by atoms with Crippen LogP contribution in [0, 0.1) is 0 Å². The number of nitrogens with zero attached hydrogens (tertiary/aromatic N) is 4. The fourth-order valence-electron chi connectivity index (χ4n) is 2.50. The van der Waals surface area contributed by atoms with E-state index >= 15 is 0 Å². The summed E-state index contributed by atoms with van der Waals surface area (Å²) >= 11 is 3.24. The maximum atomic E-state index is 5.87. The van der Waals surface area contributed by atoms with Crippen LogP contribution >= 0.6 is 22.7 Å². The van der Waals surface area contributed by atoms with Gasteiger partial charge in [0, 0.05) is 19.8 Å². The van der Waals surface area contributed by atoms with E-state index in [2.05, 4.69) is 26.9 Å². The summed E-state index contributed by atoms with van der Waals surface area (Å²) in [5.74, 6) is 0. The Bertz CT molecular complexity index is 1160. The summed E-state index contributed by atoms with van der Waals surface area (Å²) in [6, 6.07) is 14.2. The molecule has 0 aliphatic carbocycles. The molecular formula is C16H15N5S2. The van der Waals surface area contributed by atoms with Gasteiger partial charge in [0.1, 0.15) is 0 Å². The monoisotopic (exact) mass is 341 g/mol. The molecule has 23 heavy (non-hydrogen) atoms. The summed E-state index contributed by atoms with van der Waals surface area (Å²) in [5.41, 5.74) is 8.86. The van der Waals surface area contributed by atoms with E-state index in [1.54, 1.807) is 22.7 Å². The third-order valence-corrected chi connectivity index (χ3v) is 5.97. The van der Waals surface area contributed by atoms with Crippen LogP contribution in [-0.2, 0) is 14.1 Å². The van der Waals surface area contributed by atoms with Crippen molar-refractivity contribution in [2.45, 2.75) is 0 Å². The summed E-state index contributed by atoms with van der Waals surface area (Å²) in [5, 5.41) is 8.91. The van der Waals surface area contributed by atoms with Crippen LogP contribution in [0.4, 0.5) is 5.69 Å². The van der Waals surface area contributed by atoms with Crippen molar-refractivity contribution in [3.05, 3.63) is 52.1 Å². The van der Waals surface area contributed by atoms with Crippen LogP contribution in [0.15, 0.2) is 52.7 Å². The first-order chi connectivity index (χ1) is 11.1. The minimum atomic E-state index is 0.755. The van der Waals surface area contributed by atoms with Crippen molar-refractivity contribution in [2.24, 2.45) is 24.3 Å². The lowest BCUT2D eigenvalue weighted by Crippen LogP contribution is -2.13. The third kappa shape index (κ3) is 2.38. The van der Waals surface area contributed by atoms with Crippen LogP contribution in [0.5, 0.6) is 0 Å². The second-order valence-electron chi connectivity index (χ2n) is 5.28. The molecule has 0 fully saturated rings. The topological polar surface area (TPSA) is 60.6 Å². The highest BCUT2D eigenvalue weighted by molar-refractivity contribution is 7.16. The maximum Gasteiger partial charge on any atom is 0.211 e. The van der Waals surface area contributed by atoms with Gasteiger partial charge in [0.15, 0.2) is 0 Å². The first-order valence-corrected chi connectivity index (χ1v) is 8.74. The van der Waals surface area contributed by atoms with Crippen molar-refractivity contribution in [2.75, 3.05) is 5.73 Å². The average Bonchev–Trinajstić information content (AvgIpc) is 3.04. The Kier molecular flexibility index (Phi) is 3.32. The predicted octanol–water partition coefficient (Wildman–Crippen LogP) is 2.79. The number of hydrogen-bond acceptors (Lipinski definition) is 5. The Labute approximate surface area is 140 Å². The van der Waals surface area contributed by atoms with E-state index in [0.717, 1.165) is 25.5 Å². The number of nitrogens with two attached hydrogens (primary N) is 1. The molecule has 2 aromatic heterocycles. The molecule has 0 aliphatic heterocycles. The number of aryl methyl sites for hydroxylation is 2. The third-order valence-electron chi connectivity index (χ3n) is 3.77. The number of nitrogen functional groups attached to an aromatic ring is 1. The Morgan fingerprint density at radius 1 is 0.826 bits per heavy atom. The van der Waals surface area contributed by atoms with E-state index in [9.17, 15) is 0 Å². The normalized spacial score (nSPS) is 13.5. The van der Waals surface area contributed by atoms with E-state index < -0.39 is 0 Å². The number of aromatic nitrogens is 2. The van der Waals surface area contributed by atoms with E-state index in [4.69, 9.17) is 5.73 Å². The average molecular weight is 341 g/mol. The zero-order valence-corrected chi connectivity index (χ0v) is 14.4. The van der Waals surface area contributed by atoms with Crippen LogP contribution in [0.3, 0.4) is 0 Å². The molecule has 4 aromatic rings. The highest BCUT2D eigenvalue weighted by Gasteiger charge is 2.04. The summed E-state index contributed by atoms with van der Waals surface area (Å²) in [6.45, 7) is 0. The van der Waals surface area contributed by atoms with Gasteiger partial charge >= 0.3 is 0 Å². The highest BCUT2D eigenvalue weighted by Crippen LogP contribution is 2.19. The zero-order valence-electron chi connectivity index (χ0n) is 12.7. The minimum absolute atomic E-state index is 0.755. The van der Waals surface area contributed by atoms with Crippen molar-refractivity contribution >= 4 is 48.8 Å². The molecule has 7 heteroatoms. The quantitative estimate of drug-likeness (QED) is 0.420. The molecule has 0 unspecified atom stereocenters. The largest absolute Gasteiger partial charge is 0.399 e. The molecule has 0 aliphatic rings. The molecule has 2 heterocycles. The van der Waals surface area contributed by atoms with Crippen molar-refractivity contribution in [1.82, 2.24) is 9.13 Å². The Balaban J connectivity index is 1.93. The molecule has 0 saturated heterocycles. The first-order valence-electron chi connectivity index (χ1n) is 7.11. The second-order valence-corrected chi connectivity index (χ2v) is 7.30. The van der Waals surface area contributed by atoms with Crippen LogP contribution in [0.2, 0.25) is 0 Å². The maximum absolute atomic E-state index is 5.87. The van der Waals surface area contributed by atoms with Gasteiger partial charge in [0.25, 0.3) is 0 Å². The molecule has 4 rings (SSSR count). The van der Waals surface area contributed by atoms with Crippen LogP contribution in [-0.4, -0.2) is 9.13 Å². The molecule has 2 N–H and O–H groups in total. The predicted molar refractivity (Wildman–Crippen MR) is 97.1 cm³/mol. The van der Waals surface area contributed by atoms with E-state index in [1.165, 1.54) is 10.2 Å². The number of para-hydroxylation sites is 1. The summed E-state index contributed by atoms with van der Waals surface area (Å²) in [6.07, 6.45) is 0. The lowest BCUT2D eigenvalue weighted by Gasteiger charge is -1.95. The Morgan fingerprint density at radius 3 is 2.13 bits per heavy atom. The molecule has 5 nitrogen and oxygen atoms in total. The molecule has 0 radical (unpaired) electrons. The fourth-order valence-corrected chi connectivity index (χ4v) is 4.42. The van der Waals surface area contributed by atoms with E-state index in [0.29, 0.717) is 0 Å². The van der Waals surface area contributed by atoms with Crippen LogP contribution in [0.25, 0.3) is 20.4 Å². The molecular weight excluding hydrogens is 326 g/mol. The van der Waals surface area contributed by atoms with E-state index in [-0.39, 0.29) is 0 Å². The summed E-state index contributed by atoms with van der Waals surface area (Å²) in [7, 11) is 4.00. The molecule has 0 atom stereocenters. The van der Waals surface area contributed by atoms with E-state index in [1.807, 2.05) is 49.0 Å². The molecule has 116 valence electrons. The van der Waals surface area contributed by atoms with Gasteiger partial charge in [0.2, 0.25) is 9.60 Å². The lowest BCUT2D eigenvalue weighted by molar-refractivity contribution is 0.845. The lowest BCUT2D eigenvalue weighted by atomic mass is 10.3. The van der Waals surface area contributed by atoms with Gasteiger partial charge in [-0.2, -0.15) is 0 Å². The molecule has 2 aromatic carbocycles. The minimum Gasteiger partial charge on any atom is -0.399 e. The van der Waals surface area contributed by atoms with Gasteiger partial charge in [-0.1, -0.05) is 34.8 Å². The van der Waals surface area contributed by atoms with Crippen molar-refractivity contribution in [3.8, 4) is 0 Å². The summed E-state index contributed by atoms with van der Waals surface area (Å²) < 4.78 is 6.44. The number of anilines is 1. The Morgan fingerprint density at radius 2 is 1.43 bits per heavy atom. The number of hydrogen-bond donors (Lipinski definition) is 1. The van der Waals surface area contributed by atoms with Gasteiger partial charge in [-0.25, -0.2) is 0 Å². The van der Waals surface area contributed by atoms with Crippen molar-refractivity contribution < 1.29 is 0 Å². The summed E-state index contributed by atoms with van der Waals surface area (Å²) in [4.78, 5) is 1.73. The highest BCUT2D eigenvalue weighted by atomic mass is 32.1. The van der Waals surface area contributed by atoms with Gasteiger partial charge < -0.3 is 14.9 Å². The van der Waals surface area contributed by atoms with Gasteiger partial charge in [-0.3, -0.25) is 0 Å². The number of thiazole rings is 2. The number of benzene rings is 2. The van der Waals surface area contributed by atoms with Gasteiger partial charge in [-0.05, 0) is 30.3 Å². The Hall–Kier alpha value is -2.38. The first kappa shape index (κ1) is 14.2.